The molecule has 3 aliphatic rings. The number of hydrogen-bond donors (Lipinski definition) is 0. The summed E-state index contributed by atoms with van der Waals surface area (Å²) in [5, 5.41) is 0. The lowest BCUT2D eigenvalue weighted by Gasteiger charge is -2.31. The Hall–Kier alpha value is -2.23. The summed E-state index contributed by atoms with van der Waals surface area (Å²) in [6, 6.07) is 5.29. The number of halogens is 3. The molecule has 0 aromatic heterocycles. The Kier molecular flexibility index (Phi) is 7.79. The van der Waals surface area contributed by atoms with Gasteiger partial charge in [-0.15, -0.1) is 6.58 Å². The largest absolute Gasteiger partial charge is 0.490 e. The molecule has 0 saturated heterocycles. The molecule has 0 N–H and O–H groups in total. The second kappa shape index (κ2) is 11.0. The van der Waals surface area contributed by atoms with E-state index < -0.39 is 11.6 Å². The summed E-state index contributed by atoms with van der Waals surface area (Å²) in [5.74, 6) is -0.629. The lowest BCUT2D eigenvalue weighted by atomic mass is 9.74. The minimum absolute atomic E-state index is 0.0470. The molecule has 0 atom stereocenters. The van der Waals surface area contributed by atoms with E-state index in [1.807, 2.05) is 18.2 Å². The highest BCUT2D eigenvalue weighted by atomic mass is 19.2. The van der Waals surface area contributed by atoms with E-state index in [0.29, 0.717) is 35.1 Å². The molecule has 2 aromatic rings. The smallest absolute Gasteiger partial charge is 0.201 e. The van der Waals surface area contributed by atoms with Crippen LogP contribution < -0.4 is 4.74 Å². The fourth-order valence-electron chi connectivity index (χ4n) is 6.72. The first kappa shape index (κ1) is 25.4. The first-order valence-electron chi connectivity index (χ1n) is 14.1. The van der Waals surface area contributed by atoms with Crippen LogP contribution in [0.4, 0.5) is 13.2 Å². The van der Waals surface area contributed by atoms with Gasteiger partial charge in [-0.05, 0) is 85.0 Å². The lowest BCUT2D eigenvalue weighted by molar-refractivity contribution is 0.172. The van der Waals surface area contributed by atoms with E-state index in [4.69, 9.17) is 4.74 Å². The second-order valence-corrected chi connectivity index (χ2v) is 11.4. The van der Waals surface area contributed by atoms with Crippen LogP contribution in [0.5, 0.6) is 5.75 Å². The number of benzene rings is 2. The van der Waals surface area contributed by atoms with Crippen LogP contribution in [0.15, 0.2) is 30.9 Å². The maximum absolute atomic E-state index is 15.5. The van der Waals surface area contributed by atoms with Gasteiger partial charge in [0.1, 0.15) is 5.82 Å². The summed E-state index contributed by atoms with van der Waals surface area (Å²) in [6.07, 6.45) is 15.5. The van der Waals surface area contributed by atoms with E-state index in [0.717, 1.165) is 44.4 Å². The van der Waals surface area contributed by atoms with Crippen molar-refractivity contribution in [3.8, 4) is 28.0 Å². The van der Waals surface area contributed by atoms with Gasteiger partial charge in [-0.3, -0.25) is 0 Å². The Bertz CT molecular complexity index is 1090. The van der Waals surface area contributed by atoms with Crippen molar-refractivity contribution in [1.82, 2.24) is 0 Å². The molecule has 0 heterocycles. The third-order valence-corrected chi connectivity index (χ3v) is 9.09. The van der Waals surface area contributed by atoms with Crippen molar-refractivity contribution < 1.29 is 17.9 Å². The molecule has 0 unspecified atom stereocenters. The molecule has 194 valence electrons. The van der Waals surface area contributed by atoms with Crippen molar-refractivity contribution in [2.24, 2.45) is 17.8 Å². The van der Waals surface area contributed by atoms with Crippen molar-refractivity contribution in [1.29, 1.82) is 0 Å². The Balaban J connectivity index is 1.25. The summed E-state index contributed by atoms with van der Waals surface area (Å²) in [5.41, 5.74) is 2.15. The summed E-state index contributed by atoms with van der Waals surface area (Å²) in [7, 11) is 0. The van der Waals surface area contributed by atoms with Gasteiger partial charge in [-0.2, -0.15) is 4.39 Å². The Morgan fingerprint density at radius 3 is 2.22 bits per heavy atom. The highest BCUT2D eigenvalue weighted by Crippen LogP contribution is 2.54. The normalized spacial score (nSPS) is 25.0. The fraction of sp³-hybridized carbons (Fsp3) is 0.562. The van der Waals surface area contributed by atoms with E-state index in [2.05, 4.69) is 13.5 Å². The van der Waals surface area contributed by atoms with E-state index >= 15 is 8.78 Å². The van der Waals surface area contributed by atoms with Crippen LogP contribution in [0.1, 0.15) is 95.5 Å². The van der Waals surface area contributed by atoms with Gasteiger partial charge in [-0.1, -0.05) is 63.7 Å². The average Bonchev–Trinajstić information content (AvgIpc) is 2.89. The summed E-state index contributed by atoms with van der Waals surface area (Å²) < 4.78 is 51.5. The Labute approximate surface area is 214 Å². The molecule has 0 bridgehead atoms. The van der Waals surface area contributed by atoms with Crippen LogP contribution >= 0.6 is 0 Å². The van der Waals surface area contributed by atoms with Crippen LogP contribution in [0, 0.1) is 35.2 Å². The van der Waals surface area contributed by atoms with Crippen LogP contribution in [0.3, 0.4) is 0 Å². The maximum Gasteiger partial charge on any atom is 0.201 e. The number of ether oxygens (including phenoxy) is 1. The standard InChI is InChI=1S/C32H39F3O/c1-3-5-6-7-21-8-10-22(11-9-21)19-36-27-18-26-25-17-16-24(23-14-12-20(4-2)13-15-23)30(33)28(25)29(26)32(35)31(27)34/h4,16-18,20-23H,2-3,5-15,19H2,1H3. The van der Waals surface area contributed by atoms with Crippen molar-refractivity contribution in [3.63, 3.8) is 0 Å². The van der Waals surface area contributed by atoms with Gasteiger partial charge in [0.15, 0.2) is 11.6 Å². The molecule has 2 saturated carbocycles. The third kappa shape index (κ3) is 4.85. The predicted molar refractivity (Wildman–Crippen MR) is 141 cm³/mol. The fourth-order valence-corrected chi connectivity index (χ4v) is 6.72. The van der Waals surface area contributed by atoms with Crippen molar-refractivity contribution >= 4 is 0 Å². The van der Waals surface area contributed by atoms with Gasteiger partial charge < -0.3 is 4.74 Å². The average molecular weight is 497 g/mol. The highest BCUT2D eigenvalue weighted by molar-refractivity contribution is 6.03. The molecule has 2 fully saturated rings. The molecular formula is C32H39F3O. The van der Waals surface area contributed by atoms with Crippen molar-refractivity contribution in [2.45, 2.75) is 89.9 Å². The molecule has 3 aliphatic carbocycles. The van der Waals surface area contributed by atoms with Crippen molar-refractivity contribution in [2.75, 3.05) is 6.61 Å². The van der Waals surface area contributed by atoms with E-state index in [1.54, 1.807) is 6.07 Å². The Morgan fingerprint density at radius 1 is 0.833 bits per heavy atom. The molecule has 0 amide bonds. The molecule has 36 heavy (non-hydrogen) atoms. The minimum atomic E-state index is -0.996. The molecular weight excluding hydrogens is 457 g/mol. The number of unbranched alkanes of at least 4 members (excludes halogenated alkanes) is 2. The van der Waals surface area contributed by atoms with E-state index in [1.165, 1.54) is 38.5 Å². The monoisotopic (exact) mass is 496 g/mol. The summed E-state index contributed by atoms with van der Waals surface area (Å²) in [6.45, 7) is 6.52. The quantitative estimate of drug-likeness (QED) is 0.211. The van der Waals surface area contributed by atoms with E-state index in [-0.39, 0.29) is 28.6 Å². The SMILES string of the molecule is C=CC1CCC(c2ccc3c(c2F)-c2c-3cc(OCC3CCC(CCCCC)CC3)c(F)c2F)CC1. The molecule has 5 rings (SSSR count). The zero-order valence-corrected chi connectivity index (χ0v) is 21.6. The van der Waals surface area contributed by atoms with Crippen LogP contribution in [0.2, 0.25) is 0 Å². The first-order chi connectivity index (χ1) is 17.5. The molecule has 2 aromatic carbocycles. The highest BCUT2D eigenvalue weighted by Gasteiger charge is 2.36. The number of hydrogen-bond acceptors (Lipinski definition) is 1. The zero-order valence-electron chi connectivity index (χ0n) is 21.6. The van der Waals surface area contributed by atoms with Gasteiger partial charge in [0.2, 0.25) is 5.82 Å². The number of rotatable bonds is 9. The van der Waals surface area contributed by atoms with Gasteiger partial charge in [0.05, 0.1) is 6.61 Å². The Morgan fingerprint density at radius 2 is 1.53 bits per heavy atom. The van der Waals surface area contributed by atoms with Gasteiger partial charge in [0, 0.05) is 11.1 Å². The maximum atomic E-state index is 15.5. The van der Waals surface area contributed by atoms with Crippen molar-refractivity contribution in [3.05, 3.63) is 53.9 Å². The van der Waals surface area contributed by atoms with Gasteiger partial charge in [-0.25, -0.2) is 8.78 Å². The van der Waals surface area contributed by atoms with Gasteiger partial charge in [0.25, 0.3) is 0 Å². The zero-order chi connectivity index (χ0) is 25.2. The molecule has 0 spiro atoms. The molecule has 1 nitrogen and oxygen atoms in total. The van der Waals surface area contributed by atoms with Crippen LogP contribution in [-0.2, 0) is 0 Å². The van der Waals surface area contributed by atoms with Gasteiger partial charge >= 0.3 is 0 Å². The third-order valence-electron chi connectivity index (χ3n) is 9.09. The summed E-state index contributed by atoms with van der Waals surface area (Å²) >= 11 is 0. The molecule has 0 radical (unpaired) electrons. The predicted octanol–water partition coefficient (Wildman–Crippen LogP) is 9.98. The second-order valence-electron chi connectivity index (χ2n) is 11.4. The van der Waals surface area contributed by atoms with Crippen LogP contribution in [0.25, 0.3) is 22.3 Å². The lowest BCUT2D eigenvalue weighted by Crippen LogP contribution is -2.21. The van der Waals surface area contributed by atoms with Crippen LogP contribution in [-0.4, -0.2) is 6.61 Å². The van der Waals surface area contributed by atoms with E-state index in [9.17, 15) is 4.39 Å². The number of fused-ring (bicyclic) bond motifs is 4. The topological polar surface area (TPSA) is 9.23 Å². The minimum Gasteiger partial charge on any atom is -0.490 e. The summed E-state index contributed by atoms with van der Waals surface area (Å²) in [4.78, 5) is 0. The molecule has 0 aliphatic heterocycles. The number of allylic oxidation sites excluding steroid dienone is 1. The first-order valence-corrected chi connectivity index (χ1v) is 14.1. The molecule has 4 heteroatoms.